The van der Waals surface area contributed by atoms with E-state index in [0.717, 1.165) is 24.1 Å². The molecule has 0 aliphatic rings. The maximum atomic E-state index is 10.9. The van der Waals surface area contributed by atoms with E-state index in [4.69, 9.17) is 9.52 Å². The minimum absolute atomic E-state index is 0.0128. The molecular formula is C16H19NO3. The van der Waals surface area contributed by atoms with Gasteiger partial charge < -0.3 is 14.8 Å². The molecular weight excluding hydrogens is 254 g/mol. The Hall–Kier alpha value is -2.23. The first kappa shape index (κ1) is 14.2. The number of aromatic carboxylic acids is 1. The number of carboxylic acid groups (broad SMARTS) is 1. The highest BCUT2D eigenvalue weighted by atomic mass is 16.4. The summed E-state index contributed by atoms with van der Waals surface area (Å²) in [5.74, 6) is -0.408. The topological polar surface area (TPSA) is 62.5 Å². The predicted molar refractivity (Wildman–Crippen MR) is 78.2 cm³/mol. The number of furan rings is 1. The number of aryl methyl sites for hydroxylation is 2. The molecule has 0 atom stereocenters. The quantitative estimate of drug-likeness (QED) is 0.839. The second-order valence-electron chi connectivity index (χ2n) is 4.76. The van der Waals surface area contributed by atoms with E-state index in [2.05, 4.69) is 18.3 Å². The number of carbonyl (C=O) groups is 1. The molecule has 2 aromatic rings. The van der Waals surface area contributed by atoms with Crippen LogP contribution in [0.1, 0.15) is 40.8 Å². The van der Waals surface area contributed by atoms with Gasteiger partial charge in [-0.1, -0.05) is 31.5 Å². The Kier molecular flexibility index (Phi) is 4.45. The highest BCUT2D eigenvalue weighted by molar-refractivity contribution is 5.84. The van der Waals surface area contributed by atoms with Crippen LogP contribution in [0.2, 0.25) is 0 Å². The summed E-state index contributed by atoms with van der Waals surface area (Å²) in [6, 6.07) is 9.75. The number of rotatable bonds is 6. The molecule has 2 N–H and O–H groups in total. The van der Waals surface area contributed by atoms with Gasteiger partial charge >= 0.3 is 5.97 Å². The highest BCUT2D eigenvalue weighted by Crippen LogP contribution is 2.20. The van der Waals surface area contributed by atoms with E-state index < -0.39 is 5.97 Å². The molecule has 0 radical (unpaired) electrons. The summed E-state index contributed by atoms with van der Waals surface area (Å²) in [5.41, 5.74) is 3.23. The van der Waals surface area contributed by atoms with E-state index in [0.29, 0.717) is 12.3 Å². The van der Waals surface area contributed by atoms with Crippen LogP contribution >= 0.6 is 0 Å². The van der Waals surface area contributed by atoms with Crippen LogP contribution in [-0.4, -0.2) is 11.1 Å². The molecule has 1 heterocycles. The first-order valence-corrected chi connectivity index (χ1v) is 6.76. The fraction of sp³-hybridized carbons (Fsp3) is 0.312. The summed E-state index contributed by atoms with van der Waals surface area (Å²) >= 11 is 0. The molecule has 1 aromatic heterocycles. The molecule has 1 aromatic carbocycles. The molecule has 0 unspecified atom stereocenters. The van der Waals surface area contributed by atoms with Crippen molar-refractivity contribution >= 4 is 11.7 Å². The highest BCUT2D eigenvalue weighted by Gasteiger charge is 2.13. The van der Waals surface area contributed by atoms with Gasteiger partial charge in [0.2, 0.25) is 5.76 Å². The molecule has 4 heteroatoms. The fourth-order valence-electron chi connectivity index (χ4n) is 2.17. The van der Waals surface area contributed by atoms with E-state index >= 15 is 0 Å². The van der Waals surface area contributed by atoms with Crippen LogP contribution in [0.5, 0.6) is 0 Å². The van der Waals surface area contributed by atoms with Gasteiger partial charge in [0.05, 0.1) is 0 Å². The van der Waals surface area contributed by atoms with Crippen molar-refractivity contribution in [1.29, 1.82) is 0 Å². The molecule has 2 rings (SSSR count). The average Bonchev–Trinajstić information content (AvgIpc) is 2.80. The van der Waals surface area contributed by atoms with Crippen molar-refractivity contribution in [1.82, 2.24) is 0 Å². The summed E-state index contributed by atoms with van der Waals surface area (Å²) in [7, 11) is 0. The van der Waals surface area contributed by atoms with Gasteiger partial charge in [-0.25, -0.2) is 4.79 Å². The van der Waals surface area contributed by atoms with E-state index in [-0.39, 0.29) is 5.76 Å². The summed E-state index contributed by atoms with van der Waals surface area (Å²) in [6.07, 6.45) is 2.11. The second-order valence-corrected chi connectivity index (χ2v) is 4.76. The summed E-state index contributed by atoms with van der Waals surface area (Å²) in [6.45, 7) is 4.49. The average molecular weight is 273 g/mol. The fourth-order valence-corrected chi connectivity index (χ4v) is 2.17. The van der Waals surface area contributed by atoms with Crippen LogP contribution in [-0.2, 0) is 13.0 Å². The molecule has 106 valence electrons. The van der Waals surface area contributed by atoms with Crippen LogP contribution in [0.3, 0.4) is 0 Å². The first-order valence-electron chi connectivity index (χ1n) is 6.76. The zero-order valence-electron chi connectivity index (χ0n) is 11.8. The number of benzene rings is 1. The van der Waals surface area contributed by atoms with Gasteiger partial charge in [-0.2, -0.15) is 0 Å². The van der Waals surface area contributed by atoms with Crippen molar-refractivity contribution < 1.29 is 14.3 Å². The zero-order valence-corrected chi connectivity index (χ0v) is 11.8. The molecule has 0 aliphatic carbocycles. The Morgan fingerprint density at radius 2 is 2.05 bits per heavy atom. The van der Waals surface area contributed by atoms with Crippen LogP contribution in [0.25, 0.3) is 0 Å². The van der Waals surface area contributed by atoms with Crippen LogP contribution < -0.4 is 5.32 Å². The van der Waals surface area contributed by atoms with Gasteiger partial charge in [-0.15, -0.1) is 0 Å². The number of hydrogen-bond acceptors (Lipinski definition) is 3. The second kappa shape index (κ2) is 6.28. The number of anilines is 1. The van der Waals surface area contributed by atoms with Gasteiger partial charge in [0.25, 0.3) is 0 Å². The van der Waals surface area contributed by atoms with Crippen molar-refractivity contribution in [2.24, 2.45) is 0 Å². The smallest absolute Gasteiger partial charge is 0.371 e. The Balaban J connectivity index is 2.11. The normalized spacial score (nSPS) is 10.5. The molecule has 4 nitrogen and oxygen atoms in total. The number of hydrogen-bond donors (Lipinski definition) is 2. The van der Waals surface area contributed by atoms with Gasteiger partial charge in [0.1, 0.15) is 5.76 Å². The Bertz CT molecular complexity index is 602. The minimum atomic E-state index is -1.04. The van der Waals surface area contributed by atoms with Gasteiger partial charge in [0, 0.05) is 17.8 Å². The lowest BCUT2D eigenvalue weighted by Crippen LogP contribution is -2.02. The van der Waals surface area contributed by atoms with Crippen LogP contribution in [0.4, 0.5) is 5.69 Å². The van der Waals surface area contributed by atoms with Crippen LogP contribution in [0.15, 0.2) is 34.7 Å². The lowest BCUT2D eigenvalue weighted by atomic mass is 10.1. The predicted octanol–water partition coefficient (Wildman–Crippen LogP) is 3.85. The standard InChI is InChI=1S/C16H19NO3/c1-3-6-12-7-4-5-8-14(12)17-10-13-9-15(16(18)19)20-11(13)2/h4-5,7-9,17H,3,6,10H2,1-2H3,(H,18,19). The van der Waals surface area contributed by atoms with Crippen molar-refractivity contribution in [3.8, 4) is 0 Å². The van der Waals surface area contributed by atoms with Crippen LogP contribution in [0, 0.1) is 6.92 Å². The molecule has 0 spiro atoms. The largest absolute Gasteiger partial charge is 0.475 e. The summed E-state index contributed by atoms with van der Waals surface area (Å²) in [4.78, 5) is 10.9. The van der Waals surface area contributed by atoms with E-state index in [9.17, 15) is 4.79 Å². The molecule has 0 saturated heterocycles. The monoisotopic (exact) mass is 273 g/mol. The number of nitrogens with one attached hydrogen (secondary N) is 1. The molecule has 0 amide bonds. The first-order chi connectivity index (χ1) is 9.61. The third kappa shape index (κ3) is 3.20. The molecule has 20 heavy (non-hydrogen) atoms. The Morgan fingerprint density at radius 3 is 2.70 bits per heavy atom. The van der Waals surface area contributed by atoms with Gasteiger partial charge in [-0.05, 0) is 31.0 Å². The third-order valence-electron chi connectivity index (χ3n) is 3.24. The Morgan fingerprint density at radius 1 is 1.30 bits per heavy atom. The zero-order chi connectivity index (χ0) is 14.5. The van der Waals surface area contributed by atoms with Crippen molar-refractivity contribution in [2.45, 2.75) is 33.2 Å². The molecule has 0 bridgehead atoms. The summed E-state index contributed by atoms with van der Waals surface area (Å²) in [5, 5.41) is 12.3. The maximum Gasteiger partial charge on any atom is 0.371 e. The van der Waals surface area contributed by atoms with E-state index in [1.165, 1.54) is 5.56 Å². The van der Waals surface area contributed by atoms with Crippen molar-refractivity contribution in [2.75, 3.05) is 5.32 Å². The van der Waals surface area contributed by atoms with Crippen molar-refractivity contribution in [3.63, 3.8) is 0 Å². The number of carboxylic acids is 1. The SMILES string of the molecule is CCCc1ccccc1NCc1cc(C(=O)O)oc1C. The number of para-hydroxylation sites is 1. The summed E-state index contributed by atoms with van der Waals surface area (Å²) < 4.78 is 5.20. The maximum absolute atomic E-state index is 10.9. The Labute approximate surface area is 118 Å². The molecule has 0 fully saturated rings. The van der Waals surface area contributed by atoms with Gasteiger partial charge in [-0.3, -0.25) is 0 Å². The molecule has 0 aliphatic heterocycles. The molecule has 0 saturated carbocycles. The van der Waals surface area contributed by atoms with Crippen molar-refractivity contribution in [3.05, 3.63) is 53.0 Å². The lowest BCUT2D eigenvalue weighted by molar-refractivity contribution is 0.0661. The lowest BCUT2D eigenvalue weighted by Gasteiger charge is -2.10. The van der Waals surface area contributed by atoms with E-state index in [1.807, 2.05) is 18.2 Å². The van der Waals surface area contributed by atoms with Gasteiger partial charge in [0.15, 0.2) is 0 Å². The third-order valence-corrected chi connectivity index (χ3v) is 3.24. The minimum Gasteiger partial charge on any atom is -0.475 e. The van der Waals surface area contributed by atoms with E-state index in [1.54, 1.807) is 13.0 Å².